The largest absolute Gasteiger partial charge is 0.315 e. The summed E-state index contributed by atoms with van der Waals surface area (Å²) in [4.78, 5) is 55.7. The SMILES string of the molecule is O=C1c2ccc3c4c(ccc(c24)C(=O)N1CCNCCCNCCN1C(=O)c2ccc4c5c(ccc(c25)C1=O)CC4)CC3. The van der Waals surface area contributed by atoms with E-state index in [9.17, 15) is 19.2 Å². The van der Waals surface area contributed by atoms with Crippen LogP contribution in [-0.4, -0.2) is 72.7 Å². The monoisotopic (exact) mass is 572 g/mol. The number of hydrogen-bond acceptors (Lipinski definition) is 6. The van der Waals surface area contributed by atoms with E-state index in [1.807, 2.05) is 48.5 Å². The molecule has 4 aliphatic rings. The lowest BCUT2D eigenvalue weighted by Crippen LogP contribution is -2.44. The molecule has 0 spiro atoms. The molecule has 0 bridgehead atoms. The Balaban J connectivity index is 0.806. The third-order valence-corrected chi connectivity index (χ3v) is 9.63. The van der Waals surface area contributed by atoms with Crippen molar-refractivity contribution in [1.29, 1.82) is 0 Å². The Hall–Kier alpha value is -4.40. The van der Waals surface area contributed by atoms with Gasteiger partial charge in [-0.3, -0.25) is 29.0 Å². The van der Waals surface area contributed by atoms with Gasteiger partial charge in [0.25, 0.3) is 23.6 Å². The first-order valence-electron chi connectivity index (χ1n) is 15.3. The summed E-state index contributed by atoms with van der Waals surface area (Å²) in [7, 11) is 0. The van der Waals surface area contributed by atoms with Crippen LogP contribution < -0.4 is 10.6 Å². The highest BCUT2D eigenvalue weighted by atomic mass is 16.2. The van der Waals surface area contributed by atoms with Gasteiger partial charge in [-0.05, 0) is 102 Å². The highest BCUT2D eigenvalue weighted by molar-refractivity contribution is 6.27. The smallest absolute Gasteiger partial charge is 0.261 e. The Kier molecular flexibility index (Phi) is 6.17. The van der Waals surface area contributed by atoms with Crippen LogP contribution in [0.15, 0.2) is 48.5 Å². The number of nitrogens with one attached hydrogen (secondary N) is 2. The maximum Gasteiger partial charge on any atom is 0.261 e. The molecule has 4 amide bonds. The summed E-state index contributed by atoms with van der Waals surface area (Å²) in [5, 5.41) is 10.5. The van der Waals surface area contributed by atoms with E-state index in [-0.39, 0.29) is 23.6 Å². The molecule has 0 unspecified atom stereocenters. The average molecular weight is 573 g/mol. The third kappa shape index (κ3) is 3.97. The molecule has 8 heteroatoms. The first-order valence-corrected chi connectivity index (χ1v) is 15.3. The second-order valence-corrected chi connectivity index (χ2v) is 12.0. The summed E-state index contributed by atoms with van der Waals surface area (Å²) in [5.41, 5.74) is 7.41. The first kappa shape index (κ1) is 26.2. The van der Waals surface area contributed by atoms with Gasteiger partial charge < -0.3 is 10.6 Å². The summed E-state index contributed by atoms with van der Waals surface area (Å²) >= 11 is 0. The Morgan fingerprint density at radius 2 is 0.767 bits per heavy atom. The maximum absolute atomic E-state index is 13.2. The maximum atomic E-state index is 13.2. The van der Waals surface area contributed by atoms with Crippen molar-refractivity contribution >= 4 is 45.2 Å². The van der Waals surface area contributed by atoms with Gasteiger partial charge in [0, 0.05) is 59.2 Å². The van der Waals surface area contributed by atoms with Gasteiger partial charge in [-0.15, -0.1) is 0 Å². The summed E-state index contributed by atoms with van der Waals surface area (Å²) in [6, 6.07) is 15.7. The molecule has 0 atom stereocenters. The van der Waals surface area contributed by atoms with Crippen molar-refractivity contribution in [3.05, 3.63) is 93.0 Å². The number of aryl methyl sites for hydroxylation is 4. The van der Waals surface area contributed by atoms with E-state index in [0.717, 1.165) is 53.6 Å². The minimum absolute atomic E-state index is 0.217. The molecule has 2 N–H and O–H groups in total. The molecular weight excluding hydrogens is 540 g/mol. The van der Waals surface area contributed by atoms with Crippen LogP contribution in [0.25, 0.3) is 21.5 Å². The zero-order valence-electron chi connectivity index (χ0n) is 23.9. The Morgan fingerprint density at radius 3 is 1.09 bits per heavy atom. The fourth-order valence-electron chi connectivity index (χ4n) is 7.51. The molecule has 4 aromatic carbocycles. The number of carbonyl (C=O) groups excluding carboxylic acids is 4. The molecule has 4 aromatic rings. The van der Waals surface area contributed by atoms with E-state index in [4.69, 9.17) is 0 Å². The molecule has 8 nitrogen and oxygen atoms in total. The fraction of sp³-hybridized carbons (Fsp3) is 0.314. The predicted molar refractivity (Wildman–Crippen MR) is 164 cm³/mol. The molecule has 8 rings (SSSR count). The highest BCUT2D eigenvalue weighted by Crippen LogP contribution is 2.39. The molecule has 0 fully saturated rings. The van der Waals surface area contributed by atoms with Gasteiger partial charge >= 0.3 is 0 Å². The molecule has 2 aliphatic carbocycles. The molecule has 2 aliphatic heterocycles. The van der Waals surface area contributed by atoms with Crippen molar-refractivity contribution in [3.63, 3.8) is 0 Å². The van der Waals surface area contributed by atoms with Crippen LogP contribution in [-0.2, 0) is 25.7 Å². The zero-order chi connectivity index (χ0) is 29.2. The van der Waals surface area contributed by atoms with Gasteiger partial charge in [0.1, 0.15) is 0 Å². The first-order chi connectivity index (χ1) is 21.0. The average Bonchev–Trinajstić information content (AvgIpc) is 3.65. The van der Waals surface area contributed by atoms with Crippen LogP contribution in [0.5, 0.6) is 0 Å². The topological polar surface area (TPSA) is 98.8 Å². The van der Waals surface area contributed by atoms with Gasteiger partial charge in [0.05, 0.1) is 0 Å². The van der Waals surface area contributed by atoms with Crippen LogP contribution in [0.4, 0.5) is 0 Å². The number of nitrogens with zero attached hydrogens (tertiary/aromatic N) is 2. The zero-order valence-corrected chi connectivity index (χ0v) is 23.9. The second-order valence-electron chi connectivity index (χ2n) is 12.0. The standard InChI is InChI=1S/C35H32N4O4/c40-32-24-10-6-20-2-3-21-7-11-25(30(24)28(20)21)33(41)38(32)18-16-36-14-1-15-37-17-19-39-34(42)26-12-8-22-4-5-23-9-13-27(35(39)43)31(26)29(22)23/h6-13,36-37H,1-5,14-19H2. The van der Waals surface area contributed by atoms with Gasteiger partial charge in [-0.1, -0.05) is 24.3 Å². The van der Waals surface area contributed by atoms with Crippen molar-refractivity contribution < 1.29 is 19.2 Å². The number of carbonyl (C=O) groups is 4. The van der Waals surface area contributed by atoms with Gasteiger partial charge in [-0.2, -0.15) is 0 Å². The summed E-state index contributed by atoms with van der Waals surface area (Å²) in [6.07, 6.45) is 4.66. The van der Waals surface area contributed by atoms with Crippen LogP contribution in [0, 0.1) is 0 Å². The van der Waals surface area contributed by atoms with Gasteiger partial charge in [0.2, 0.25) is 0 Å². The van der Waals surface area contributed by atoms with Gasteiger partial charge in [0.15, 0.2) is 0 Å². The Morgan fingerprint density at radius 1 is 0.442 bits per heavy atom. The highest BCUT2D eigenvalue weighted by Gasteiger charge is 2.36. The molecule has 0 aromatic heterocycles. The number of rotatable bonds is 10. The summed E-state index contributed by atoms with van der Waals surface area (Å²) < 4.78 is 0. The normalized spacial score (nSPS) is 16.5. The van der Waals surface area contributed by atoms with Crippen molar-refractivity contribution in [2.75, 3.05) is 39.3 Å². The molecule has 43 heavy (non-hydrogen) atoms. The number of benzene rings is 4. The summed E-state index contributed by atoms with van der Waals surface area (Å²) in [6.45, 7) is 3.07. The second kappa shape index (κ2) is 10.1. The number of imide groups is 2. The number of amides is 4. The predicted octanol–water partition coefficient (Wildman–Crippen LogP) is 3.65. The molecule has 2 heterocycles. The van der Waals surface area contributed by atoms with Gasteiger partial charge in [-0.25, -0.2) is 0 Å². The van der Waals surface area contributed by atoms with Crippen molar-refractivity contribution in [3.8, 4) is 0 Å². The van der Waals surface area contributed by atoms with Crippen molar-refractivity contribution in [1.82, 2.24) is 20.4 Å². The lowest BCUT2D eigenvalue weighted by molar-refractivity contribution is 0.0597. The molecule has 216 valence electrons. The van der Waals surface area contributed by atoms with Crippen LogP contribution in [0.2, 0.25) is 0 Å². The lowest BCUT2D eigenvalue weighted by Gasteiger charge is -2.28. The molecular formula is C35H32N4O4. The van der Waals surface area contributed by atoms with E-state index < -0.39 is 0 Å². The quantitative estimate of drug-likeness (QED) is 0.222. The van der Waals surface area contributed by atoms with E-state index in [2.05, 4.69) is 10.6 Å². The van der Waals surface area contributed by atoms with E-state index >= 15 is 0 Å². The minimum atomic E-state index is -0.217. The Labute approximate surface area is 249 Å². The van der Waals surface area contributed by atoms with E-state index in [1.54, 1.807) is 0 Å². The van der Waals surface area contributed by atoms with Crippen molar-refractivity contribution in [2.45, 2.75) is 32.1 Å². The minimum Gasteiger partial charge on any atom is -0.315 e. The molecule has 0 radical (unpaired) electrons. The lowest BCUT2D eigenvalue weighted by atomic mass is 9.91. The van der Waals surface area contributed by atoms with Crippen LogP contribution >= 0.6 is 0 Å². The van der Waals surface area contributed by atoms with E-state index in [0.29, 0.717) is 61.5 Å². The fourth-order valence-corrected chi connectivity index (χ4v) is 7.51. The Bertz CT molecular complexity index is 1660. The van der Waals surface area contributed by atoms with Crippen molar-refractivity contribution in [2.24, 2.45) is 0 Å². The molecule has 0 saturated heterocycles. The van der Waals surface area contributed by atoms with Crippen LogP contribution in [0.3, 0.4) is 0 Å². The van der Waals surface area contributed by atoms with E-state index in [1.165, 1.54) is 32.1 Å². The van der Waals surface area contributed by atoms with Crippen LogP contribution in [0.1, 0.15) is 70.1 Å². The number of hydrogen-bond donors (Lipinski definition) is 2. The third-order valence-electron chi connectivity index (χ3n) is 9.63. The summed E-state index contributed by atoms with van der Waals surface area (Å²) in [5.74, 6) is -0.867. The molecule has 0 saturated carbocycles.